The van der Waals surface area contributed by atoms with E-state index in [2.05, 4.69) is 19.4 Å². The van der Waals surface area contributed by atoms with Crippen molar-refractivity contribution in [2.75, 3.05) is 25.4 Å². The average molecular weight is 469 g/mol. The molecule has 2 amide bonds. The molecule has 9 heteroatoms. The summed E-state index contributed by atoms with van der Waals surface area (Å²) in [6.45, 7) is 7.77. The van der Waals surface area contributed by atoms with Crippen LogP contribution >= 0.6 is 0 Å². The number of hydrogen-bond acceptors (Lipinski definition) is 6. The van der Waals surface area contributed by atoms with E-state index in [-0.39, 0.29) is 29.5 Å². The molecule has 9 nitrogen and oxygen atoms in total. The number of aromatic nitrogens is 3. The molecule has 34 heavy (non-hydrogen) atoms. The fourth-order valence-electron chi connectivity index (χ4n) is 6.17. The maximum atomic E-state index is 13.7. The molecule has 1 aliphatic carbocycles. The number of carbonyl (C=O) groups excluding carboxylic acids is 2. The lowest BCUT2D eigenvalue weighted by Crippen LogP contribution is -2.56. The summed E-state index contributed by atoms with van der Waals surface area (Å²) in [6, 6.07) is 2.21. The van der Waals surface area contributed by atoms with Crippen LogP contribution in [0.4, 0.5) is 10.6 Å². The molecule has 0 radical (unpaired) electrons. The third-order valence-corrected chi connectivity index (χ3v) is 7.90. The monoisotopic (exact) mass is 468 g/mol. The van der Waals surface area contributed by atoms with Crippen LogP contribution in [0.3, 0.4) is 0 Å². The molecular formula is C25H36N6O3. The highest BCUT2D eigenvalue weighted by atomic mass is 16.6. The Hall–Kier alpha value is -2.84. The van der Waals surface area contributed by atoms with Gasteiger partial charge < -0.3 is 24.8 Å². The standard InChI is InChI=1S/C25H36N6O3/c1-24(2,3)34-23(33)29-13-9-25(10-14-29)8-4-11-31(25)22(32)17-5-6-18(15-17)30-12-7-19-20(26)27-16-28-21(19)30/h7,12,16-18H,4-6,8-11,13-15H2,1-3H3,(H2,26,27,28)/t17-,18+/m1/s1. The number of nitrogen functional groups attached to an aromatic ring is 1. The second-order valence-electron chi connectivity index (χ2n) is 11.2. The van der Waals surface area contributed by atoms with Gasteiger partial charge in [0.15, 0.2) is 0 Å². The average Bonchev–Trinajstić information content (AvgIpc) is 3.51. The van der Waals surface area contributed by atoms with E-state index < -0.39 is 5.60 Å². The van der Waals surface area contributed by atoms with Crippen LogP contribution in [-0.4, -0.2) is 67.1 Å². The molecule has 1 saturated carbocycles. The number of fused-ring (bicyclic) bond motifs is 1. The fourth-order valence-corrected chi connectivity index (χ4v) is 6.17. The van der Waals surface area contributed by atoms with Gasteiger partial charge >= 0.3 is 6.09 Å². The molecule has 2 saturated heterocycles. The number of carbonyl (C=O) groups is 2. The van der Waals surface area contributed by atoms with E-state index in [9.17, 15) is 9.59 Å². The van der Waals surface area contributed by atoms with Gasteiger partial charge in [0.25, 0.3) is 0 Å². The summed E-state index contributed by atoms with van der Waals surface area (Å²) < 4.78 is 7.72. The number of hydrogen-bond donors (Lipinski definition) is 1. The van der Waals surface area contributed by atoms with Gasteiger partial charge in [0.05, 0.1) is 5.39 Å². The topological polar surface area (TPSA) is 107 Å². The Morgan fingerprint density at radius 3 is 2.62 bits per heavy atom. The molecule has 0 unspecified atom stereocenters. The Morgan fingerprint density at radius 2 is 1.88 bits per heavy atom. The number of piperidine rings is 1. The largest absolute Gasteiger partial charge is 0.444 e. The van der Waals surface area contributed by atoms with Crippen LogP contribution in [0.1, 0.15) is 71.8 Å². The molecule has 2 aromatic heterocycles. The third kappa shape index (κ3) is 4.09. The lowest BCUT2D eigenvalue weighted by atomic mass is 9.84. The van der Waals surface area contributed by atoms with E-state index in [4.69, 9.17) is 10.5 Å². The van der Waals surface area contributed by atoms with Crippen molar-refractivity contribution in [2.45, 2.75) is 82.9 Å². The minimum Gasteiger partial charge on any atom is -0.444 e. The Labute approximate surface area is 200 Å². The predicted octanol–water partition coefficient (Wildman–Crippen LogP) is 3.75. The van der Waals surface area contributed by atoms with Gasteiger partial charge in [-0.05, 0) is 71.8 Å². The third-order valence-electron chi connectivity index (χ3n) is 7.90. The fraction of sp³-hybridized carbons (Fsp3) is 0.680. The van der Waals surface area contributed by atoms with Gasteiger partial charge in [-0.2, -0.15) is 0 Å². The molecule has 4 heterocycles. The molecule has 184 valence electrons. The van der Waals surface area contributed by atoms with E-state index >= 15 is 0 Å². The second kappa shape index (κ2) is 8.43. The summed E-state index contributed by atoms with van der Waals surface area (Å²) >= 11 is 0. The van der Waals surface area contributed by atoms with Crippen molar-refractivity contribution >= 4 is 28.9 Å². The number of likely N-dealkylation sites (tertiary alicyclic amines) is 2. The summed E-state index contributed by atoms with van der Waals surface area (Å²) in [4.78, 5) is 38.7. The quantitative estimate of drug-likeness (QED) is 0.719. The van der Waals surface area contributed by atoms with Crippen LogP contribution < -0.4 is 5.73 Å². The lowest BCUT2D eigenvalue weighted by molar-refractivity contribution is -0.141. The zero-order chi connectivity index (χ0) is 24.1. The van der Waals surface area contributed by atoms with Gasteiger partial charge in [0.2, 0.25) is 5.91 Å². The van der Waals surface area contributed by atoms with Gasteiger partial charge in [-0.3, -0.25) is 4.79 Å². The first-order chi connectivity index (χ1) is 16.2. The molecule has 5 rings (SSSR count). The summed E-state index contributed by atoms with van der Waals surface area (Å²) in [7, 11) is 0. The van der Waals surface area contributed by atoms with Crippen molar-refractivity contribution in [3.8, 4) is 0 Å². The first-order valence-electron chi connectivity index (χ1n) is 12.5. The Balaban J connectivity index is 1.24. The van der Waals surface area contributed by atoms with Gasteiger partial charge in [0.1, 0.15) is 23.4 Å². The maximum Gasteiger partial charge on any atom is 0.410 e. The number of nitrogens with two attached hydrogens (primary N) is 1. The first-order valence-corrected chi connectivity index (χ1v) is 12.5. The van der Waals surface area contributed by atoms with Crippen molar-refractivity contribution in [1.29, 1.82) is 0 Å². The molecule has 3 aliphatic rings. The highest BCUT2D eigenvalue weighted by Crippen LogP contribution is 2.43. The van der Waals surface area contributed by atoms with Crippen LogP contribution in [0, 0.1) is 5.92 Å². The molecule has 2 N–H and O–H groups in total. The summed E-state index contributed by atoms with van der Waals surface area (Å²) in [6.07, 6.45) is 9.66. The lowest BCUT2D eigenvalue weighted by Gasteiger charge is -2.45. The van der Waals surface area contributed by atoms with Crippen LogP contribution in [0.5, 0.6) is 0 Å². The SMILES string of the molecule is CC(C)(C)OC(=O)N1CCC2(CCCN2C(=O)[C@@H]2CC[C@H](n3ccc4c(N)ncnc43)C2)CC1. The molecular weight excluding hydrogens is 432 g/mol. The van der Waals surface area contributed by atoms with Gasteiger partial charge in [-0.1, -0.05) is 0 Å². The number of anilines is 1. The van der Waals surface area contributed by atoms with Crippen molar-refractivity contribution in [1.82, 2.24) is 24.3 Å². The molecule has 2 aliphatic heterocycles. The van der Waals surface area contributed by atoms with Gasteiger partial charge in [-0.25, -0.2) is 14.8 Å². The van der Waals surface area contributed by atoms with E-state index in [0.717, 1.165) is 62.5 Å². The molecule has 2 atom stereocenters. The molecule has 1 spiro atoms. The highest BCUT2D eigenvalue weighted by Gasteiger charge is 2.48. The number of ether oxygens (including phenoxy) is 1. The van der Waals surface area contributed by atoms with E-state index in [0.29, 0.717) is 18.9 Å². The van der Waals surface area contributed by atoms with Crippen molar-refractivity contribution < 1.29 is 14.3 Å². The summed E-state index contributed by atoms with van der Waals surface area (Å²) in [5.74, 6) is 0.808. The van der Waals surface area contributed by atoms with E-state index in [1.54, 1.807) is 4.90 Å². The number of amides is 2. The van der Waals surface area contributed by atoms with Crippen molar-refractivity contribution in [3.05, 3.63) is 18.6 Å². The Bertz CT molecular complexity index is 1080. The molecule has 0 bridgehead atoms. The summed E-state index contributed by atoms with van der Waals surface area (Å²) in [5, 5.41) is 0.868. The van der Waals surface area contributed by atoms with Crippen LogP contribution in [-0.2, 0) is 9.53 Å². The molecule has 2 aromatic rings. The smallest absolute Gasteiger partial charge is 0.410 e. The van der Waals surface area contributed by atoms with Crippen molar-refractivity contribution in [3.63, 3.8) is 0 Å². The number of rotatable bonds is 2. The van der Waals surface area contributed by atoms with E-state index in [1.165, 1.54) is 6.33 Å². The zero-order valence-electron chi connectivity index (χ0n) is 20.5. The molecule has 0 aromatic carbocycles. The van der Waals surface area contributed by atoms with E-state index in [1.807, 2.05) is 33.0 Å². The molecule has 3 fully saturated rings. The van der Waals surface area contributed by atoms with Crippen LogP contribution in [0.2, 0.25) is 0 Å². The van der Waals surface area contributed by atoms with Crippen LogP contribution in [0.15, 0.2) is 18.6 Å². The maximum absolute atomic E-state index is 13.7. The minimum atomic E-state index is -0.497. The summed E-state index contributed by atoms with van der Waals surface area (Å²) in [5.41, 5.74) is 6.24. The normalized spacial score (nSPS) is 24.8. The van der Waals surface area contributed by atoms with Crippen molar-refractivity contribution in [2.24, 2.45) is 5.92 Å². The minimum absolute atomic E-state index is 0.0282. The Morgan fingerprint density at radius 1 is 1.12 bits per heavy atom. The Kier molecular flexibility index (Phi) is 5.68. The second-order valence-corrected chi connectivity index (χ2v) is 11.2. The van der Waals surface area contributed by atoms with Crippen LogP contribution in [0.25, 0.3) is 11.0 Å². The van der Waals surface area contributed by atoms with Gasteiger partial charge in [0, 0.05) is 43.3 Å². The highest BCUT2D eigenvalue weighted by molar-refractivity contribution is 5.86. The zero-order valence-corrected chi connectivity index (χ0v) is 20.5. The van der Waals surface area contributed by atoms with Gasteiger partial charge in [-0.15, -0.1) is 0 Å². The predicted molar refractivity (Wildman–Crippen MR) is 129 cm³/mol. The number of nitrogens with zero attached hydrogens (tertiary/aromatic N) is 5. The first kappa shape index (κ1) is 22.9.